The van der Waals surface area contributed by atoms with Gasteiger partial charge in [0, 0.05) is 6.04 Å². The lowest BCUT2D eigenvalue weighted by Crippen LogP contribution is -2.34. The molecule has 0 heterocycles. The van der Waals surface area contributed by atoms with Crippen LogP contribution < -0.4 is 5.32 Å². The van der Waals surface area contributed by atoms with E-state index in [1.54, 1.807) is 24.0 Å². The molecule has 1 aromatic carbocycles. The van der Waals surface area contributed by atoms with Gasteiger partial charge in [0.25, 0.3) is 0 Å². The highest BCUT2D eigenvalue weighted by atomic mass is 14.9. The van der Waals surface area contributed by atoms with Crippen molar-refractivity contribution in [1.82, 2.24) is 5.32 Å². The van der Waals surface area contributed by atoms with Crippen LogP contribution in [0.4, 0.5) is 0 Å². The first-order valence-corrected chi connectivity index (χ1v) is 9.16. The molecular formula is C20H29N. The summed E-state index contributed by atoms with van der Waals surface area (Å²) in [7, 11) is 0. The summed E-state index contributed by atoms with van der Waals surface area (Å²) < 4.78 is 0. The fourth-order valence-electron chi connectivity index (χ4n) is 5.63. The molecule has 2 fully saturated rings. The molecule has 0 aromatic heterocycles. The lowest BCUT2D eigenvalue weighted by molar-refractivity contribution is 0.214. The molecule has 5 atom stereocenters. The van der Waals surface area contributed by atoms with Crippen molar-refractivity contribution >= 4 is 0 Å². The van der Waals surface area contributed by atoms with E-state index < -0.39 is 0 Å². The van der Waals surface area contributed by atoms with Gasteiger partial charge in [-0.3, -0.25) is 0 Å². The molecule has 2 saturated carbocycles. The third-order valence-electron chi connectivity index (χ3n) is 6.56. The van der Waals surface area contributed by atoms with Gasteiger partial charge in [-0.25, -0.2) is 0 Å². The van der Waals surface area contributed by atoms with E-state index in [1.165, 1.54) is 32.1 Å². The summed E-state index contributed by atoms with van der Waals surface area (Å²) in [6.45, 7) is 3.35. The molecule has 1 heteroatoms. The van der Waals surface area contributed by atoms with Crippen molar-refractivity contribution in [3.05, 3.63) is 35.4 Å². The number of nitrogens with one attached hydrogen (secondary N) is 1. The summed E-state index contributed by atoms with van der Waals surface area (Å²) in [5.41, 5.74) is 3.19. The van der Waals surface area contributed by atoms with Gasteiger partial charge < -0.3 is 5.32 Å². The number of aryl methyl sites for hydroxylation is 1. The molecule has 0 saturated heterocycles. The van der Waals surface area contributed by atoms with E-state index in [0.29, 0.717) is 6.04 Å². The van der Waals surface area contributed by atoms with E-state index in [4.69, 9.17) is 0 Å². The van der Waals surface area contributed by atoms with Crippen LogP contribution in [-0.4, -0.2) is 6.54 Å². The van der Waals surface area contributed by atoms with Crippen LogP contribution in [0, 0.1) is 23.7 Å². The lowest BCUT2D eigenvalue weighted by Gasteiger charge is -2.37. The summed E-state index contributed by atoms with van der Waals surface area (Å²) in [5, 5.41) is 3.81. The Morgan fingerprint density at radius 2 is 1.95 bits per heavy atom. The second-order valence-electron chi connectivity index (χ2n) is 7.70. The first kappa shape index (κ1) is 13.8. The Bertz CT molecular complexity index is 494. The van der Waals surface area contributed by atoms with Gasteiger partial charge in [-0.1, -0.05) is 37.6 Å². The van der Waals surface area contributed by atoms with Crippen molar-refractivity contribution in [2.75, 3.05) is 6.54 Å². The van der Waals surface area contributed by atoms with Gasteiger partial charge in [0.05, 0.1) is 0 Å². The van der Waals surface area contributed by atoms with Crippen molar-refractivity contribution in [2.45, 2.75) is 57.9 Å². The molecule has 3 aliphatic carbocycles. The smallest absolute Gasteiger partial charge is 0.0351 e. The molecule has 4 rings (SSSR count). The molecule has 0 radical (unpaired) electrons. The zero-order valence-electron chi connectivity index (χ0n) is 13.4. The summed E-state index contributed by atoms with van der Waals surface area (Å²) >= 11 is 0. The maximum Gasteiger partial charge on any atom is 0.0351 e. The van der Waals surface area contributed by atoms with Crippen LogP contribution in [0.25, 0.3) is 0 Å². The second kappa shape index (κ2) is 5.76. The zero-order chi connectivity index (χ0) is 14.2. The van der Waals surface area contributed by atoms with Gasteiger partial charge in [0.1, 0.15) is 0 Å². The fraction of sp³-hybridized carbons (Fsp3) is 0.700. The van der Waals surface area contributed by atoms with Crippen molar-refractivity contribution in [2.24, 2.45) is 23.7 Å². The molecule has 5 unspecified atom stereocenters. The Morgan fingerprint density at radius 3 is 2.71 bits per heavy atom. The molecule has 0 aliphatic heterocycles. The van der Waals surface area contributed by atoms with Crippen molar-refractivity contribution in [1.29, 1.82) is 0 Å². The largest absolute Gasteiger partial charge is 0.310 e. The van der Waals surface area contributed by atoms with Crippen LogP contribution in [-0.2, 0) is 6.42 Å². The van der Waals surface area contributed by atoms with Crippen LogP contribution >= 0.6 is 0 Å². The van der Waals surface area contributed by atoms with Crippen molar-refractivity contribution < 1.29 is 0 Å². The monoisotopic (exact) mass is 283 g/mol. The summed E-state index contributed by atoms with van der Waals surface area (Å²) in [6, 6.07) is 9.75. The molecule has 114 valence electrons. The second-order valence-corrected chi connectivity index (χ2v) is 7.70. The predicted molar refractivity (Wildman–Crippen MR) is 88.2 cm³/mol. The molecule has 1 aromatic rings. The third-order valence-corrected chi connectivity index (χ3v) is 6.56. The summed E-state index contributed by atoms with van der Waals surface area (Å²) in [6.07, 6.45) is 10.3. The molecule has 1 nitrogen and oxygen atoms in total. The molecule has 1 N–H and O–H groups in total. The molecular weight excluding hydrogens is 254 g/mol. The normalized spacial score (nSPS) is 37.7. The lowest BCUT2D eigenvalue weighted by atomic mass is 9.73. The van der Waals surface area contributed by atoms with Gasteiger partial charge in [0.15, 0.2) is 0 Å². The van der Waals surface area contributed by atoms with Gasteiger partial charge in [-0.15, -0.1) is 0 Å². The highest BCUT2D eigenvalue weighted by molar-refractivity contribution is 5.33. The minimum absolute atomic E-state index is 0.610. The number of hydrogen-bond acceptors (Lipinski definition) is 1. The van der Waals surface area contributed by atoms with Crippen LogP contribution in [0.15, 0.2) is 24.3 Å². The van der Waals surface area contributed by atoms with E-state index in [0.717, 1.165) is 30.2 Å². The van der Waals surface area contributed by atoms with Crippen molar-refractivity contribution in [3.8, 4) is 0 Å². The quantitative estimate of drug-likeness (QED) is 0.842. The molecule has 0 amide bonds. The SMILES string of the molecule is CCNC1c2ccccc2CCC1CC1CC2CCC1C2. The average Bonchev–Trinajstić information content (AvgIpc) is 3.12. The van der Waals surface area contributed by atoms with Crippen LogP contribution in [0.5, 0.6) is 0 Å². The topological polar surface area (TPSA) is 12.0 Å². The standard InChI is InChI=1S/C20H29N/c1-2-21-20-17(10-9-15-5-3-4-6-19(15)20)13-18-12-14-7-8-16(18)11-14/h3-6,14,16-18,20-21H,2,7-13H2,1H3. The third kappa shape index (κ3) is 2.54. The Hall–Kier alpha value is -0.820. The van der Waals surface area contributed by atoms with E-state index in [-0.39, 0.29) is 0 Å². The number of rotatable bonds is 4. The first-order chi connectivity index (χ1) is 10.3. The predicted octanol–water partition coefficient (Wildman–Crippen LogP) is 4.73. The minimum Gasteiger partial charge on any atom is -0.310 e. The highest BCUT2D eigenvalue weighted by Gasteiger charge is 2.41. The van der Waals surface area contributed by atoms with Crippen LogP contribution in [0.1, 0.15) is 62.6 Å². The average molecular weight is 283 g/mol. The maximum absolute atomic E-state index is 3.81. The zero-order valence-corrected chi connectivity index (χ0v) is 13.4. The fourth-order valence-corrected chi connectivity index (χ4v) is 5.63. The van der Waals surface area contributed by atoms with Gasteiger partial charge in [0.2, 0.25) is 0 Å². The summed E-state index contributed by atoms with van der Waals surface area (Å²) in [5.74, 6) is 4.08. The van der Waals surface area contributed by atoms with E-state index >= 15 is 0 Å². The number of fused-ring (bicyclic) bond motifs is 3. The molecule has 3 aliphatic rings. The Balaban J connectivity index is 1.52. The van der Waals surface area contributed by atoms with Crippen molar-refractivity contribution in [3.63, 3.8) is 0 Å². The van der Waals surface area contributed by atoms with Gasteiger partial charge >= 0.3 is 0 Å². The van der Waals surface area contributed by atoms with E-state index in [2.05, 4.69) is 36.5 Å². The first-order valence-electron chi connectivity index (χ1n) is 9.16. The van der Waals surface area contributed by atoms with Gasteiger partial charge in [-0.2, -0.15) is 0 Å². The molecule has 21 heavy (non-hydrogen) atoms. The Kier molecular flexibility index (Phi) is 3.79. The van der Waals surface area contributed by atoms with E-state index in [1.807, 2.05) is 0 Å². The minimum atomic E-state index is 0.610. The van der Waals surface area contributed by atoms with Crippen LogP contribution in [0.2, 0.25) is 0 Å². The Labute approximate surface area is 129 Å². The number of benzene rings is 1. The van der Waals surface area contributed by atoms with Crippen LogP contribution in [0.3, 0.4) is 0 Å². The Morgan fingerprint density at radius 1 is 1.05 bits per heavy atom. The highest BCUT2D eigenvalue weighted by Crippen LogP contribution is 2.52. The molecule has 2 bridgehead atoms. The van der Waals surface area contributed by atoms with E-state index in [9.17, 15) is 0 Å². The molecule has 0 spiro atoms. The maximum atomic E-state index is 3.81. The summed E-state index contributed by atoms with van der Waals surface area (Å²) in [4.78, 5) is 0. The van der Waals surface area contributed by atoms with Gasteiger partial charge in [-0.05, 0) is 79.9 Å². The number of hydrogen-bond donors (Lipinski definition) is 1.